The number of hydrogen-bond donors (Lipinski definition) is 1. The summed E-state index contributed by atoms with van der Waals surface area (Å²) in [6.07, 6.45) is 4.00. The number of rotatable bonds is 5. The van der Waals surface area contributed by atoms with Crippen LogP contribution in [0.1, 0.15) is 36.9 Å². The van der Waals surface area contributed by atoms with Crippen molar-refractivity contribution in [1.29, 1.82) is 0 Å². The number of nitrogens with one attached hydrogen (secondary N) is 1. The minimum atomic E-state index is -3.42. The van der Waals surface area contributed by atoms with Gasteiger partial charge in [-0.3, -0.25) is 0 Å². The molecule has 3 aliphatic rings. The van der Waals surface area contributed by atoms with Gasteiger partial charge in [-0.25, -0.2) is 26.8 Å². The Balaban J connectivity index is 1.67. The van der Waals surface area contributed by atoms with Gasteiger partial charge in [-0.1, -0.05) is 0 Å². The first-order chi connectivity index (χ1) is 11.8. The molecule has 1 aliphatic carbocycles. The third kappa shape index (κ3) is 3.15. The Labute approximate surface area is 148 Å². The zero-order valence-corrected chi connectivity index (χ0v) is 15.7. The first kappa shape index (κ1) is 17.2. The van der Waals surface area contributed by atoms with E-state index in [2.05, 4.69) is 15.3 Å². The minimum Gasteiger partial charge on any atom is -0.354 e. The van der Waals surface area contributed by atoms with E-state index in [1.165, 1.54) is 17.1 Å². The van der Waals surface area contributed by atoms with E-state index in [-0.39, 0.29) is 24.6 Å². The van der Waals surface area contributed by atoms with Crippen LogP contribution in [-0.2, 0) is 25.6 Å². The summed E-state index contributed by atoms with van der Waals surface area (Å²) in [5.74, 6) is 0.605. The van der Waals surface area contributed by atoms with Crippen molar-refractivity contribution in [2.45, 2.75) is 36.7 Å². The van der Waals surface area contributed by atoms with E-state index >= 15 is 0 Å². The fourth-order valence-electron chi connectivity index (χ4n) is 3.59. The molecule has 0 aromatic carbocycles. The maximum atomic E-state index is 12.6. The monoisotopic (exact) mass is 386 g/mol. The average Bonchev–Trinajstić information content (AvgIpc) is 3.27. The number of aromatic nitrogens is 2. The van der Waals surface area contributed by atoms with Crippen LogP contribution in [0, 0.1) is 5.92 Å². The highest BCUT2D eigenvalue weighted by Crippen LogP contribution is 2.40. The molecule has 1 N–H and O–H groups in total. The van der Waals surface area contributed by atoms with Crippen molar-refractivity contribution in [1.82, 2.24) is 14.3 Å². The second-order valence-corrected chi connectivity index (χ2v) is 11.6. The van der Waals surface area contributed by atoms with Crippen molar-refractivity contribution in [2.24, 2.45) is 5.92 Å². The van der Waals surface area contributed by atoms with Crippen molar-refractivity contribution < 1.29 is 16.8 Å². The van der Waals surface area contributed by atoms with Gasteiger partial charge in [0, 0.05) is 37.3 Å². The number of hydrogen-bond acceptors (Lipinski definition) is 7. The zero-order valence-electron chi connectivity index (χ0n) is 14.1. The Morgan fingerprint density at radius 2 is 2.08 bits per heavy atom. The van der Waals surface area contributed by atoms with Crippen LogP contribution in [0.3, 0.4) is 0 Å². The first-order valence-electron chi connectivity index (χ1n) is 8.59. The average molecular weight is 386 g/mol. The van der Waals surface area contributed by atoms with Gasteiger partial charge < -0.3 is 5.32 Å². The SMILES string of the molecule is CCS(=O)(=O)N1C[C@@H]2c3nc(NCC4CC4)ncc3CS(=O)(=O)[C@@H]2C1. The molecule has 0 amide bonds. The predicted octanol–water partition coefficient (Wildman–Crippen LogP) is 0.344. The van der Waals surface area contributed by atoms with Crippen LogP contribution in [0.15, 0.2) is 6.20 Å². The molecule has 0 bridgehead atoms. The lowest BCUT2D eigenvalue weighted by molar-refractivity contribution is 0.473. The Hall–Kier alpha value is -1.26. The van der Waals surface area contributed by atoms with Crippen LogP contribution in [0.2, 0.25) is 0 Å². The summed E-state index contributed by atoms with van der Waals surface area (Å²) in [5, 5.41) is 2.49. The minimum absolute atomic E-state index is 0.0253. The van der Waals surface area contributed by atoms with E-state index in [4.69, 9.17) is 0 Å². The molecule has 2 atom stereocenters. The van der Waals surface area contributed by atoms with E-state index in [1.807, 2.05) is 0 Å². The van der Waals surface area contributed by atoms with Gasteiger partial charge in [-0.15, -0.1) is 0 Å². The van der Waals surface area contributed by atoms with Gasteiger partial charge in [0.05, 0.1) is 22.4 Å². The van der Waals surface area contributed by atoms with Crippen molar-refractivity contribution in [3.8, 4) is 0 Å². The molecule has 0 unspecified atom stereocenters. The summed E-state index contributed by atoms with van der Waals surface area (Å²) in [5.41, 5.74) is 1.27. The molecule has 138 valence electrons. The highest BCUT2D eigenvalue weighted by molar-refractivity contribution is 7.91. The highest BCUT2D eigenvalue weighted by atomic mass is 32.2. The lowest BCUT2D eigenvalue weighted by atomic mass is 10.00. The quantitative estimate of drug-likeness (QED) is 0.777. The van der Waals surface area contributed by atoms with Crippen LogP contribution in [0.4, 0.5) is 5.95 Å². The lowest BCUT2D eigenvalue weighted by Gasteiger charge is -2.26. The van der Waals surface area contributed by atoms with E-state index in [1.54, 1.807) is 13.1 Å². The van der Waals surface area contributed by atoms with Gasteiger partial charge in [-0.05, 0) is 25.7 Å². The van der Waals surface area contributed by atoms with Gasteiger partial charge in [0.15, 0.2) is 9.84 Å². The molecule has 25 heavy (non-hydrogen) atoms. The molecule has 8 nitrogen and oxygen atoms in total. The largest absolute Gasteiger partial charge is 0.354 e. The Morgan fingerprint density at radius 1 is 1.32 bits per heavy atom. The van der Waals surface area contributed by atoms with Crippen LogP contribution < -0.4 is 5.32 Å². The summed E-state index contributed by atoms with van der Waals surface area (Å²) in [7, 11) is -6.83. The van der Waals surface area contributed by atoms with E-state index in [9.17, 15) is 16.8 Å². The van der Waals surface area contributed by atoms with Gasteiger partial charge in [0.2, 0.25) is 16.0 Å². The van der Waals surface area contributed by atoms with E-state index in [0.29, 0.717) is 23.1 Å². The maximum Gasteiger partial charge on any atom is 0.222 e. The second kappa shape index (κ2) is 5.88. The molecule has 1 aromatic rings. The van der Waals surface area contributed by atoms with Crippen LogP contribution in [0.25, 0.3) is 0 Å². The molecule has 3 heterocycles. The summed E-state index contributed by atoms with van der Waals surface area (Å²) in [6, 6.07) is 0. The smallest absolute Gasteiger partial charge is 0.222 e. The second-order valence-electron chi connectivity index (χ2n) is 7.10. The topological polar surface area (TPSA) is 109 Å². The third-order valence-corrected chi connectivity index (χ3v) is 9.23. The highest BCUT2D eigenvalue weighted by Gasteiger charge is 2.49. The summed E-state index contributed by atoms with van der Waals surface area (Å²) in [4.78, 5) is 8.79. The molecular weight excluding hydrogens is 364 g/mol. The standard InChI is InChI=1S/C15H22N4O4S2/c1-2-25(22,23)19-7-12-13(8-19)24(20,21)9-11-6-17-15(18-14(11)12)16-5-10-3-4-10/h6,10,12-13H,2-5,7-9H2,1H3,(H,16,17,18)/t12-,13+/m0/s1. The van der Waals surface area contributed by atoms with Crippen LogP contribution in [-0.4, -0.2) is 61.7 Å². The molecule has 1 aromatic heterocycles. The molecule has 4 rings (SSSR count). The van der Waals surface area contributed by atoms with E-state index in [0.717, 1.165) is 6.54 Å². The van der Waals surface area contributed by atoms with Crippen LogP contribution >= 0.6 is 0 Å². The first-order valence-corrected chi connectivity index (χ1v) is 11.9. The number of fused-ring (bicyclic) bond motifs is 3. The third-order valence-electron chi connectivity index (χ3n) is 5.30. The molecule has 0 spiro atoms. The Morgan fingerprint density at radius 3 is 2.76 bits per heavy atom. The van der Waals surface area contributed by atoms with Crippen molar-refractivity contribution in [3.63, 3.8) is 0 Å². The number of sulfone groups is 1. The molecule has 0 radical (unpaired) electrons. The predicted molar refractivity (Wildman–Crippen MR) is 93.4 cm³/mol. The van der Waals surface area contributed by atoms with Gasteiger partial charge >= 0.3 is 0 Å². The zero-order chi connectivity index (χ0) is 17.8. The summed E-state index contributed by atoms with van der Waals surface area (Å²) < 4.78 is 50.9. The maximum absolute atomic E-state index is 12.6. The fourth-order valence-corrected chi connectivity index (χ4v) is 6.82. The number of sulfonamides is 1. The molecule has 2 aliphatic heterocycles. The number of nitrogens with zero attached hydrogens (tertiary/aromatic N) is 3. The normalized spacial score (nSPS) is 28.4. The molecule has 2 fully saturated rings. The van der Waals surface area contributed by atoms with E-state index < -0.39 is 31.0 Å². The molecule has 1 saturated carbocycles. The van der Waals surface area contributed by atoms with Crippen molar-refractivity contribution >= 4 is 25.8 Å². The summed E-state index contributed by atoms with van der Waals surface area (Å²) in [6.45, 7) is 2.59. The summed E-state index contributed by atoms with van der Waals surface area (Å²) >= 11 is 0. The van der Waals surface area contributed by atoms with Crippen molar-refractivity contribution in [2.75, 3.05) is 30.7 Å². The Kier molecular flexibility index (Phi) is 4.04. The van der Waals surface area contributed by atoms with Gasteiger partial charge in [0.1, 0.15) is 0 Å². The molecular formula is C15H22N4O4S2. The van der Waals surface area contributed by atoms with Crippen LogP contribution in [0.5, 0.6) is 0 Å². The number of anilines is 1. The Bertz CT molecular complexity index is 896. The van der Waals surface area contributed by atoms with Crippen molar-refractivity contribution in [3.05, 3.63) is 17.5 Å². The fraction of sp³-hybridized carbons (Fsp3) is 0.733. The van der Waals surface area contributed by atoms with Gasteiger partial charge in [0.25, 0.3) is 0 Å². The molecule has 10 heteroatoms. The molecule has 1 saturated heterocycles. The van der Waals surface area contributed by atoms with Gasteiger partial charge in [-0.2, -0.15) is 4.31 Å². The lowest BCUT2D eigenvalue weighted by Crippen LogP contribution is -2.36.